The molecule has 1 aliphatic carbocycles. The second kappa shape index (κ2) is 6.44. The van der Waals surface area contributed by atoms with Gasteiger partial charge in [-0.15, -0.1) is 0 Å². The fourth-order valence-corrected chi connectivity index (χ4v) is 3.48. The monoisotopic (exact) mass is 284 g/mol. The maximum Gasteiger partial charge on any atom is 0.144 e. The molecule has 1 fully saturated rings. The lowest BCUT2D eigenvalue weighted by atomic mass is 9.95. The zero-order chi connectivity index (χ0) is 14.7. The summed E-state index contributed by atoms with van der Waals surface area (Å²) in [5.74, 6) is 0.807. The van der Waals surface area contributed by atoms with E-state index in [1.54, 1.807) is 0 Å². The predicted octanol–water partition coefficient (Wildman–Crippen LogP) is 2.73. The van der Waals surface area contributed by atoms with Crippen LogP contribution in [0.25, 0.3) is 0 Å². The van der Waals surface area contributed by atoms with E-state index in [1.807, 2.05) is 0 Å². The number of aryl methyl sites for hydroxylation is 2. The molecular formula is C17H24N4. The quantitative estimate of drug-likeness (QED) is 0.927. The number of piperidine rings is 1. The molecule has 0 aromatic carbocycles. The van der Waals surface area contributed by atoms with Gasteiger partial charge in [0.05, 0.1) is 5.56 Å². The smallest absolute Gasteiger partial charge is 0.144 e. The first-order chi connectivity index (χ1) is 10.3. The number of rotatable bonds is 3. The summed E-state index contributed by atoms with van der Waals surface area (Å²) in [4.78, 5) is 7.24. The van der Waals surface area contributed by atoms with Crippen LogP contribution < -0.4 is 5.32 Å². The summed E-state index contributed by atoms with van der Waals surface area (Å²) in [6.45, 7) is 5.55. The molecule has 1 N–H and O–H groups in total. The molecule has 0 amide bonds. The van der Waals surface area contributed by atoms with Crippen molar-refractivity contribution in [3.63, 3.8) is 0 Å². The van der Waals surface area contributed by atoms with Crippen LogP contribution in [0.4, 0.5) is 5.82 Å². The number of fused-ring (bicyclic) bond motifs is 1. The Balaban J connectivity index is 1.79. The van der Waals surface area contributed by atoms with Gasteiger partial charge in [-0.3, -0.25) is 0 Å². The van der Waals surface area contributed by atoms with Gasteiger partial charge in [-0.2, -0.15) is 5.26 Å². The van der Waals surface area contributed by atoms with Gasteiger partial charge in [0.1, 0.15) is 11.9 Å². The van der Waals surface area contributed by atoms with Crippen molar-refractivity contribution in [1.82, 2.24) is 9.88 Å². The van der Waals surface area contributed by atoms with Crippen molar-refractivity contribution in [3.8, 4) is 6.07 Å². The highest BCUT2D eigenvalue weighted by molar-refractivity contribution is 5.55. The first kappa shape index (κ1) is 14.3. The highest BCUT2D eigenvalue weighted by Gasteiger charge is 2.21. The Morgan fingerprint density at radius 2 is 2.24 bits per heavy atom. The predicted molar refractivity (Wildman–Crippen MR) is 84.4 cm³/mol. The van der Waals surface area contributed by atoms with Gasteiger partial charge < -0.3 is 10.2 Å². The van der Waals surface area contributed by atoms with Crippen molar-refractivity contribution in [2.45, 2.75) is 51.5 Å². The molecule has 0 saturated carbocycles. The number of pyridine rings is 1. The molecule has 3 rings (SSSR count). The standard InChI is InChI=1S/C17H24N4/c1-2-21-9-5-7-15(12-21)19-17-14(11-18)10-13-6-3-4-8-16(13)20-17/h10,15H,2-9,12H2,1H3,(H,19,20). The zero-order valence-electron chi connectivity index (χ0n) is 12.9. The summed E-state index contributed by atoms with van der Waals surface area (Å²) in [6, 6.07) is 4.80. The van der Waals surface area contributed by atoms with Gasteiger partial charge in [0.2, 0.25) is 0 Å². The van der Waals surface area contributed by atoms with E-state index >= 15 is 0 Å². The summed E-state index contributed by atoms with van der Waals surface area (Å²) in [5.41, 5.74) is 3.19. The Morgan fingerprint density at radius 3 is 3.05 bits per heavy atom. The zero-order valence-corrected chi connectivity index (χ0v) is 12.9. The number of aromatic nitrogens is 1. The van der Waals surface area contributed by atoms with Crippen molar-refractivity contribution >= 4 is 5.82 Å². The number of nitriles is 1. The molecule has 1 saturated heterocycles. The third kappa shape index (κ3) is 3.19. The lowest BCUT2D eigenvalue weighted by molar-refractivity contribution is 0.226. The first-order valence-corrected chi connectivity index (χ1v) is 8.22. The van der Waals surface area contributed by atoms with E-state index in [0.717, 1.165) is 31.7 Å². The maximum atomic E-state index is 9.41. The molecule has 0 bridgehead atoms. The largest absolute Gasteiger partial charge is 0.365 e. The van der Waals surface area contributed by atoms with Gasteiger partial charge in [-0.1, -0.05) is 6.92 Å². The molecule has 4 nitrogen and oxygen atoms in total. The van der Waals surface area contributed by atoms with Crippen molar-refractivity contribution in [2.75, 3.05) is 25.0 Å². The van der Waals surface area contributed by atoms with Crippen LogP contribution in [0.5, 0.6) is 0 Å². The fourth-order valence-electron chi connectivity index (χ4n) is 3.48. The lowest BCUT2D eigenvalue weighted by Crippen LogP contribution is -2.42. The molecule has 1 aromatic heterocycles. The van der Waals surface area contributed by atoms with E-state index < -0.39 is 0 Å². The van der Waals surface area contributed by atoms with E-state index in [2.05, 4.69) is 29.3 Å². The molecule has 1 unspecified atom stereocenters. The van der Waals surface area contributed by atoms with E-state index in [0.29, 0.717) is 11.6 Å². The van der Waals surface area contributed by atoms with Gasteiger partial charge in [-0.25, -0.2) is 4.98 Å². The van der Waals surface area contributed by atoms with Crippen molar-refractivity contribution < 1.29 is 0 Å². The van der Waals surface area contributed by atoms with Crippen LogP contribution in [-0.4, -0.2) is 35.6 Å². The maximum absolute atomic E-state index is 9.41. The molecular weight excluding hydrogens is 260 g/mol. The molecule has 1 aliphatic heterocycles. The van der Waals surface area contributed by atoms with Crippen LogP contribution in [0, 0.1) is 11.3 Å². The Hall–Kier alpha value is -1.60. The number of hydrogen-bond acceptors (Lipinski definition) is 4. The molecule has 2 aliphatic rings. The van der Waals surface area contributed by atoms with Crippen LogP contribution in [0.15, 0.2) is 6.07 Å². The van der Waals surface area contributed by atoms with Crippen molar-refractivity contribution in [3.05, 3.63) is 22.9 Å². The van der Waals surface area contributed by atoms with Gasteiger partial charge >= 0.3 is 0 Å². The number of likely N-dealkylation sites (N-methyl/N-ethyl adjacent to an activating group) is 1. The number of hydrogen-bond donors (Lipinski definition) is 1. The first-order valence-electron chi connectivity index (χ1n) is 8.22. The van der Waals surface area contributed by atoms with E-state index in [4.69, 9.17) is 4.98 Å². The summed E-state index contributed by atoms with van der Waals surface area (Å²) in [7, 11) is 0. The summed E-state index contributed by atoms with van der Waals surface area (Å²) in [5, 5.41) is 12.9. The molecule has 0 spiro atoms. The van der Waals surface area contributed by atoms with Gasteiger partial charge in [0.25, 0.3) is 0 Å². The molecule has 21 heavy (non-hydrogen) atoms. The van der Waals surface area contributed by atoms with Gasteiger partial charge in [-0.05, 0) is 63.2 Å². The van der Waals surface area contributed by atoms with Crippen LogP contribution in [0.3, 0.4) is 0 Å². The van der Waals surface area contributed by atoms with Gasteiger partial charge in [0, 0.05) is 18.3 Å². The molecule has 0 radical (unpaired) electrons. The summed E-state index contributed by atoms with van der Waals surface area (Å²) < 4.78 is 0. The second-order valence-electron chi connectivity index (χ2n) is 6.19. The molecule has 2 heterocycles. The topological polar surface area (TPSA) is 52.0 Å². The Morgan fingerprint density at radius 1 is 1.38 bits per heavy atom. The Kier molecular flexibility index (Phi) is 4.40. The fraction of sp³-hybridized carbons (Fsp3) is 0.647. The summed E-state index contributed by atoms with van der Waals surface area (Å²) in [6.07, 6.45) is 6.96. The number of likely N-dealkylation sites (tertiary alicyclic amines) is 1. The van der Waals surface area contributed by atoms with E-state index in [-0.39, 0.29) is 0 Å². The highest BCUT2D eigenvalue weighted by Crippen LogP contribution is 2.25. The lowest BCUT2D eigenvalue weighted by Gasteiger charge is -2.33. The average Bonchev–Trinajstić information content (AvgIpc) is 2.54. The molecule has 4 heteroatoms. The minimum atomic E-state index is 0.417. The SMILES string of the molecule is CCN1CCCC(Nc2nc3c(cc2C#N)CCCC3)C1. The van der Waals surface area contributed by atoms with Gasteiger partial charge in [0.15, 0.2) is 0 Å². The highest BCUT2D eigenvalue weighted by atomic mass is 15.2. The summed E-state index contributed by atoms with van der Waals surface area (Å²) >= 11 is 0. The normalized spacial score (nSPS) is 22.4. The molecule has 112 valence electrons. The van der Waals surface area contributed by atoms with Crippen molar-refractivity contribution in [1.29, 1.82) is 5.26 Å². The number of nitrogens with one attached hydrogen (secondary N) is 1. The average molecular weight is 284 g/mol. The molecule has 1 atom stereocenters. The Bertz CT molecular complexity index is 546. The van der Waals surface area contributed by atoms with Crippen LogP contribution in [0.1, 0.15) is 49.4 Å². The third-order valence-corrected chi connectivity index (χ3v) is 4.71. The number of anilines is 1. The van der Waals surface area contributed by atoms with Crippen LogP contribution in [0.2, 0.25) is 0 Å². The third-order valence-electron chi connectivity index (χ3n) is 4.71. The molecule has 1 aromatic rings. The second-order valence-corrected chi connectivity index (χ2v) is 6.19. The van der Waals surface area contributed by atoms with E-state index in [9.17, 15) is 5.26 Å². The van der Waals surface area contributed by atoms with Crippen LogP contribution in [-0.2, 0) is 12.8 Å². The minimum absolute atomic E-state index is 0.417. The Labute approximate surface area is 127 Å². The number of nitrogens with zero attached hydrogens (tertiary/aromatic N) is 3. The van der Waals surface area contributed by atoms with Crippen LogP contribution >= 0.6 is 0 Å². The van der Waals surface area contributed by atoms with E-state index in [1.165, 1.54) is 43.5 Å². The van der Waals surface area contributed by atoms with Crippen molar-refractivity contribution in [2.24, 2.45) is 0 Å². The minimum Gasteiger partial charge on any atom is -0.365 e.